The van der Waals surface area contributed by atoms with E-state index in [2.05, 4.69) is 21.2 Å². The van der Waals surface area contributed by atoms with Crippen LogP contribution in [0.3, 0.4) is 0 Å². The van der Waals surface area contributed by atoms with Gasteiger partial charge in [-0.3, -0.25) is 4.79 Å². The van der Waals surface area contributed by atoms with Gasteiger partial charge in [0.15, 0.2) is 0 Å². The first-order valence-corrected chi connectivity index (χ1v) is 6.54. The van der Waals surface area contributed by atoms with Crippen LogP contribution in [0.15, 0.2) is 34.9 Å². The highest BCUT2D eigenvalue weighted by atomic mass is 79.9. The van der Waals surface area contributed by atoms with Crippen molar-refractivity contribution in [3.63, 3.8) is 0 Å². The summed E-state index contributed by atoms with van der Waals surface area (Å²) in [4.78, 5) is 12.1. The SMILES string of the molecule is Cc1cccc(NC(=O)c2cc(Cl)cn2C)c1Br. The van der Waals surface area contributed by atoms with Gasteiger partial charge in [-0.15, -0.1) is 0 Å². The largest absolute Gasteiger partial charge is 0.345 e. The first-order chi connectivity index (χ1) is 8.49. The third-order valence-corrected chi connectivity index (χ3v) is 3.90. The molecule has 3 nitrogen and oxygen atoms in total. The summed E-state index contributed by atoms with van der Waals surface area (Å²) in [6, 6.07) is 7.35. The molecule has 0 saturated heterocycles. The number of nitrogens with one attached hydrogen (secondary N) is 1. The van der Waals surface area contributed by atoms with Gasteiger partial charge in [0, 0.05) is 17.7 Å². The Morgan fingerprint density at radius 3 is 2.78 bits per heavy atom. The van der Waals surface area contributed by atoms with Crippen LogP contribution in [0.2, 0.25) is 5.02 Å². The number of amides is 1. The maximum atomic E-state index is 12.1. The van der Waals surface area contributed by atoms with Crippen molar-refractivity contribution in [2.24, 2.45) is 7.05 Å². The third kappa shape index (κ3) is 2.60. The summed E-state index contributed by atoms with van der Waals surface area (Å²) < 4.78 is 2.58. The van der Waals surface area contributed by atoms with Gasteiger partial charge >= 0.3 is 0 Å². The standard InChI is InChI=1S/C13H12BrClN2O/c1-8-4-3-5-10(12(8)14)16-13(18)11-6-9(15)7-17(11)2/h3-7H,1-2H3,(H,16,18). The second-order valence-electron chi connectivity index (χ2n) is 4.05. The van der Waals surface area contributed by atoms with E-state index in [1.165, 1.54) is 0 Å². The van der Waals surface area contributed by atoms with Crippen LogP contribution >= 0.6 is 27.5 Å². The van der Waals surface area contributed by atoms with Gasteiger partial charge in [0.2, 0.25) is 0 Å². The van der Waals surface area contributed by atoms with E-state index in [1.807, 2.05) is 25.1 Å². The second kappa shape index (κ2) is 5.16. The van der Waals surface area contributed by atoms with Crippen LogP contribution < -0.4 is 5.32 Å². The molecule has 0 aliphatic rings. The monoisotopic (exact) mass is 326 g/mol. The first kappa shape index (κ1) is 13.2. The lowest BCUT2D eigenvalue weighted by molar-refractivity contribution is 0.101. The lowest BCUT2D eigenvalue weighted by Gasteiger charge is -2.09. The zero-order valence-corrected chi connectivity index (χ0v) is 12.3. The van der Waals surface area contributed by atoms with E-state index in [-0.39, 0.29) is 5.91 Å². The number of halogens is 2. The minimum atomic E-state index is -0.185. The molecule has 1 N–H and O–H groups in total. The highest BCUT2D eigenvalue weighted by Crippen LogP contribution is 2.26. The molecule has 18 heavy (non-hydrogen) atoms. The van der Waals surface area contributed by atoms with Crippen molar-refractivity contribution < 1.29 is 4.79 Å². The molecule has 0 spiro atoms. The van der Waals surface area contributed by atoms with Crippen molar-refractivity contribution in [2.75, 3.05) is 5.32 Å². The molecule has 2 rings (SSSR count). The number of benzene rings is 1. The number of carbonyl (C=O) groups excluding carboxylic acids is 1. The number of rotatable bonds is 2. The number of hydrogen-bond donors (Lipinski definition) is 1. The summed E-state index contributed by atoms with van der Waals surface area (Å²) in [6.45, 7) is 1.97. The van der Waals surface area contributed by atoms with Crippen LogP contribution in [0.1, 0.15) is 16.1 Å². The first-order valence-electron chi connectivity index (χ1n) is 5.37. The van der Waals surface area contributed by atoms with Gasteiger partial charge in [-0.2, -0.15) is 0 Å². The van der Waals surface area contributed by atoms with Gasteiger partial charge in [-0.1, -0.05) is 23.7 Å². The lowest BCUT2D eigenvalue weighted by atomic mass is 10.2. The number of carbonyl (C=O) groups is 1. The topological polar surface area (TPSA) is 34.0 Å². The molecule has 0 unspecified atom stereocenters. The number of nitrogens with zero attached hydrogens (tertiary/aromatic N) is 1. The molecule has 0 saturated carbocycles. The molecule has 0 radical (unpaired) electrons. The quantitative estimate of drug-likeness (QED) is 0.888. The minimum Gasteiger partial charge on any atom is -0.345 e. The van der Waals surface area contributed by atoms with Crippen LogP contribution in [0.25, 0.3) is 0 Å². The van der Waals surface area contributed by atoms with E-state index in [4.69, 9.17) is 11.6 Å². The van der Waals surface area contributed by atoms with Gasteiger partial charge in [0.1, 0.15) is 5.69 Å². The summed E-state index contributed by atoms with van der Waals surface area (Å²) in [5.74, 6) is -0.185. The summed E-state index contributed by atoms with van der Waals surface area (Å²) >= 11 is 9.32. The number of aryl methyl sites for hydroxylation is 2. The molecule has 1 heterocycles. The van der Waals surface area contributed by atoms with Crippen molar-refractivity contribution in [3.05, 3.63) is 51.2 Å². The molecule has 0 fully saturated rings. The number of aromatic nitrogens is 1. The Bertz CT molecular complexity index is 607. The molecule has 1 amide bonds. The van der Waals surface area contributed by atoms with E-state index in [0.717, 1.165) is 15.7 Å². The van der Waals surface area contributed by atoms with Gasteiger partial charge in [0.25, 0.3) is 5.91 Å². The van der Waals surface area contributed by atoms with E-state index in [1.54, 1.807) is 23.9 Å². The fraction of sp³-hybridized carbons (Fsp3) is 0.154. The van der Waals surface area contributed by atoms with E-state index in [0.29, 0.717) is 10.7 Å². The predicted octanol–water partition coefficient (Wildman–Crippen LogP) is 4.00. The Hall–Kier alpha value is -1.26. The number of anilines is 1. The van der Waals surface area contributed by atoms with Gasteiger partial charge in [-0.25, -0.2) is 0 Å². The summed E-state index contributed by atoms with van der Waals surface area (Å²) in [6.07, 6.45) is 1.70. The normalized spacial score (nSPS) is 10.4. The predicted molar refractivity (Wildman–Crippen MR) is 77.3 cm³/mol. The van der Waals surface area contributed by atoms with Gasteiger partial charge < -0.3 is 9.88 Å². The Morgan fingerprint density at radius 2 is 2.17 bits per heavy atom. The highest BCUT2D eigenvalue weighted by Gasteiger charge is 2.13. The fourth-order valence-electron chi connectivity index (χ4n) is 1.68. The van der Waals surface area contributed by atoms with Crippen molar-refractivity contribution in [2.45, 2.75) is 6.92 Å². The Morgan fingerprint density at radius 1 is 1.44 bits per heavy atom. The number of hydrogen-bond acceptors (Lipinski definition) is 1. The van der Waals surface area contributed by atoms with Crippen LogP contribution in [-0.2, 0) is 7.05 Å². The third-order valence-electron chi connectivity index (χ3n) is 2.64. The van der Waals surface area contributed by atoms with Crippen molar-refractivity contribution in [1.29, 1.82) is 0 Å². The molecule has 2 aromatic rings. The van der Waals surface area contributed by atoms with Crippen molar-refractivity contribution in [3.8, 4) is 0 Å². The molecule has 1 aromatic heterocycles. The van der Waals surface area contributed by atoms with E-state index < -0.39 is 0 Å². The molecule has 0 atom stereocenters. The Balaban J connectivity index is 2.27. The molecule has 94 valence electrons. The average Bonchev–Trinajstić information content (AvgIpc) is 2.64. The second-order valence-corrected chi connectivity index (χ2v) is 5.27. The zero-order chi connectivity index (χ0) is 13.3. The minimum absolute atomic E-state index is 0.185. The molecular weight excluding hydrogens is 316 g/mol. The highest BCUT2D eigenvalue weighted by molar-refractivity contribution is 9.10. The molecule has 0 bridgehead atoms. The molecular formula is C13H12BrClN2O. The van der Waals surface area contributed by atoms with Crippen molar-refractivity contribution in [1.82, 2.24) is 4.57 Å². The van der Waals surface area contributed by atoms with Crippen LogP contribution in [0, 0.1) is 6.92 Å². The molecule has 0 aliphatic carbocycles. The van der Waals surface area contributed by atoms with Crippen LogP contribution in [0.4, 0.5) is 5.69 Å². The van der Waals surface area contributed by atoms with Crippen molar-refractivity contribution >= 4 is 39.1 Å². The summed E-state index contributed by atoms with van der Waals surface area (Å²) in [5, 5.41) is 3.40. The average molecular weight is 328 g/mol. The van der Waals surface area contributed by atoms with E-state index in [9.17, 15) is 4.79 Å². The smallest absolute Gasteiger partial charge is 0.272 e. The zero-order valence-electron chi connectivity index (χ0n) is 10.00. The van der Waals surface area contributed by atoms with Crippen LogP contribution in [0.5, 0.6) is 0 Å². The van der Waals surface area contributed by atoms with Crippen LogP contribution in [-0.4, -0.2) is 10.5 Å². The molecule has 1 aromatic carbocycles. The lowest BCUT2D eigenvalue weighted by Crippen LogP contribution is -2.15. The molecule has 5 heteroatoms. The fourth-order valence-corrected chi connectivity index (χ4v) is 2.29. The summed E-state index contributed by atoms with van der Waals surface area (Å²) in [7, 11) is 1.78. The molecule has 0 aliphatic heterocycles. The van der Waals surface area contributed by atoms with Gasteiger partial charge in [0.05, 0.1) is 10.7 Å². The maximum absolute atomic E-state index is 12.1. The Labute approximate surface area is 119 Å². The van der Waals surface area contributed by atoms with E-state index >= 15 is 0 Å². The van der Waals surface area contributed by atoms with Gasteiger partial charge in [-0.05, 0) is 40.5 Å². The summed E-state index contributed by atoms with van der Waals surface area (Å²) in [5.41, 5.74) is 2.34. The Kier molecular flexibility index (Phi) is 3.78. The maximum Gasteiger partial charge on any atom is 0.272 e.